The van der Waals surface area contributed by atoms with Crippen LogP contribution in [0.15, 0.2) is 0 Å². The highest BCUT2D eigenvalue weighted by molar-refractivity contribution is 9.09. The van der Waals surface area contributed by atoms with Crippen LogP contribution in [0.4, 0.5) is 0 Å². The largest absolute Gasteiger partial charge is 0.396 e. The van der Waals surface area contributed by atoms with Crippen molar-refractivity contribution < 1.29 is 9.90 Å². The molecule has 0 aromatic heterocycles. The number of aliphatic hydroxyl groups excluding tert-OH is 1. The Kier molecular flexibility index (Phi) is 5.25. The fourth-order valence-electron chi connectivity index (χ4n) is 2.00. The van der Waals surface area contributed by atoms with Crippen LogP contribution in [0.2, 0.25) is 0 Å². The molecule has 0 aromatic carbocycles. The molecule has 1 aliphatic heterocycles. The second-order valence-electron chi connectivity index (χ2n) is 5.49. The van der Waals surface area contributed by atoms with Crippen molar-refractivity contribution in [2.75, 3.05) is 25.0 Å². The zero-order chi connectivity index (χ0) is 12.2. The topological polar surface area (TPSA) is 40.5 Å². The minimum absolute atomic E-state index is 0.0163. The Hall–Kier alpha value is -0.0900. The zero-order valence-corrected chi connectivity index (χ0v) is 11.8. The van der Waals surface area contributed by atoms with Crippen LogP contribution in [0.3, 0.4) is 0 Å². The van der Waals surface area contributed by atoms with Gasteiger partial charge in [-0.15, -0.1) is 0 Å². The highest BCUT2D eigenvalue weighted by Gasteiger charge is 2.28. The number of alkyl halides is 1. The van der Waals surface area contributed by atoms with Gasteiger partial charge in [-0.05, 0) is 24.2 Å². The maximum atomic E-state index is 11.6. The van der Waals surface area contributed by atoms with E-state index in [4.69, 9.17) is 5.11 Å². The predicted molar refractivity (Wildman–Crippen MR) is 68.6 cm³/mol. The quantitative estimate of drug-likeness (QED) is 0.761. The van der Waals surface area contributed by atoms with Gasteiger partial charge >= 0.3 is 0 Å². The molecule has 0 radical (unpaired) electrons. The molecule has 0 bridgehead atoms. The Bertz CT molecular complexity index is 243. The second kappa shape index (κ2) is 6.01. The molecule has 4 heteroatoms. The molecule has 1 saturated heterocycles. The lowest BCUT2D eigenvalue weighted by molar-refractivity contribution is -0.127. The van der Waals surface area contributed by atoms with Gasteiger partial charge in [-0.3, -0.25) is 4.79 Å². The fraction of sp³-hybridized carbons (Fsp3) is 0.917. The van der Waals surface area contributed by atoms with Crippen molar-refractivity contribution in [3.05, 3.63) is 0 Å². The Morgan fingerprint density at radius 2 is 2.25 bits per heavy atom. The number of hydrogen-bond donors (Lipinski definition) is 1. The summed E-state index contributed by atoms with van der Waals surface area (Å²) >= 11 is 3.43. The number of rotatable bonds is 6. The first-order valence-electron chi connectivity index (χ1n) is 5.93. The van der Waals surface area contributed by atoms with Crippen LogP contribution < -0.4 is 0 Å². The summed E-state index contributed by atoms with van der Waals surface area (Å²) < 4.78 is 0. The Labute approximate surface area is 106 Å². The third-order valence-corrected chi connectivity index (χ3v) is 4.14. The normalized spacial score (nSPS) is 21.9. The second-order valence-corrected chi connectivity index (χ2v) is 6.14. The molecule has 3 nitrogen and oxygen atoms in total. The van der Waals surface area contributed by atoms with Crippen LogP contribution in [0.1, 0.15) is 33.1 Å². The minimum atomic E-state index is -0.0163. The van der Waals surface area contributed by atoms with Crippen molar-refractivity contribution in [2.24, 2.45) is 11.3 Å². The number of likely N-dealkylation sites (tertiary alicyclic amines) is 1. The van der Waals surface area contributed by atoms with Crippen molar-refractivity contribution in [1.29, 1.82) is 0 Å². The summed E-state index contributed by atoms with van der Waals surface area (Å²) in [5.41, 5.74) is -0.0163. The first-order valence-corrected chi connectivity index (χ1v) is 7.05. The summed E-state index contributed by atoms with van der Waals surface area (Å²) in [5, 5.41) is 10.0. The van der Waals surface area contributed by atoms with Gasteiger partial charge in [0.2, 0.25) is 5.91 Å². The van der Waals surface area contributed by atoms with Gasteiger partial charge in [-0.2, -0.15) is 0 Å². The van der Waals surface area contributed by atoms with Crippen molar-refractivity contribution in [1.82, 2.24) is 4.90 Å². The Balaban J connectivity index is 2.26. The number of amides is 1. The smallest absolute Gasteiger partial charge is 0.222 e. The van der Waals surface area contributed by atoms with Crippen LogP contribution in [0.5, 0.6) is 0 Å². The summed E-state index contributed by atoms with van der Waals surface area (Å²) in [7, 11) is 0. The standard InChI is InChI=1S/C12H22BrNO2/c1-12(2,9-15)4-3-5-14-8-10(7-13)6-11(14)16/h10,15H,3-9H2,1-2H3. The van der Waals surface area contributed by atoms with E-state index in [9.17, 15) is 4.79 Å². The summed E-state index contributed by atoms with van der Waals surface area (Å²) in [6.45, 7) is 6.06. The monoisotopic (exact) mass is 291 g/mol. The van der Waals surface area contributed by atoms with Crippen molar-refractivity contribution in [3.8, 4) is 0 Å². The van der Waals surface area contributed by atoms with E-state index in [1.807, 2.05) is 4.90 Å². The summed E-state index contributed by atoms with van der Waals surface area (Å²) in [6.07, 6.45) is 2.63. The van der Waals surface area contributed by atoms with E-state index in [0.717, 1.165) is 31.3 Å². The van der Waals surface area contributed by atoms with E-state index in [1.165, 1.54) is 0 Å². The molecule has 1 unspecified atom stereocenters. The average molecular weight is 292 g/mol. The molecule has 0 aliphatic carbocycles. The summed E-state index contributed by atoms with van der Waals surface area (Å²) in [4.78, 5) is 13.6. The van der Waals surface area contributed by atoms with Gasteiger partial charge in [0.05, 0.1) is 0 Å². The molecule has 1 heterocycles. The molecule has 1 aliphatic rings. The molecule has 0 aromatic rings. The lowest BCUT2D eigenvalue weighted by Crippen LogP contribution is -2.28. The molecule has 0 spiro atoms. The van der Waals surface area contributed by atoms with E-state index in [-0.39, 0.29) is 17.9 Å². The lowest BCUT2D eigenvalue weighted by atomic mass is 9.89. The van der Waals surface area contributed by atoms with Crippen LogP contribution in [-0.2, 0) is 4.79 Å². The summed E-state index contributed by atoms with van der Waals surface area (Å²) in [5.74, 6) is 0.768. The van der Waals surface area contributed by atoms with Gasteiger partial charge in [0.1, 0.15) is 0 Å². The van der Waals surface area contributed by atoms with E-state index in [0.29, 0.717) is 12.3 Å². The van der Waals surface area contributed by atoms with Crippen molar-refractivity contribution >= 4 is 21.8 Å². The Morgan fingerprint density at radius 3 is 2.75 bits per heavy atom. The highest BCUT2D eigenvalue weighted by atomic mass is 79.9. The molecule has 1 fully saturated rings. The van der Waals surface area contributed by atoms with Crippen LogP contribution >= 0.6 is 15.9 Å². The molecular weight excluding hydrogens is 270 g/mol. The van der Waals surface area contributed by atoms with Gasteiger partial charge < -0.3 is 10.0 Å². The van der Waals surface area contributed by atoms with Crippen LogP contribution in [-0.4, -0.2) is 40.9 Å². The SMILES string of the molecule is CC(C)(CO)CCCN1CC(CBr)CC1=O. The highest BCUT2D eigenvalue weighted by Crippen LogP contribution is 2.24. The van der Waals surface area contributed by atoms with Gasteiger partial charge in [-0.25, -0.2) is 0 Å². The number of halogens is 1. The number of carbonyl (C=O) groups excluding carboxylic acids is 1. The van der Waals surface area contributed by atoms with Gasteiger partial charge in [0.15, 0.2) is 0 Å². The third kappa shape index (κ3) is 4.06. The van der Waals surface area contributed by atoms with E-state index < -0.39 is 0 Å². The molecule has 94 valence electrons. The maximum absolute atomic E-state index is 11.6. The van der Waals surface area contributed by atoms with Crippen LogP contribution in [0, 0.1) is 11.3 Å². The van der Waals surface area contributed by atoms with Gasteiger partial charge in [0.25, 0.3) is 0 Å². The lowest BCUT2D eigenvalue weighted by Gasteiger charge is -2.23. The maximum Gasteiger partial charge on any atom is 0.222 e. The van der Waals surface area contributed by atoms with E-state index in [1.54, 1.807) is 0 Å². The predicted octanol–water partition coefficient (Wildman–Crippen LogP) is 2.03. The van der Waals surface area contributed by atoms with Gasteiger partial charge in [0, 0.05) is 31.4 Å². The van der Waals surface area contributed by atoms with E-state index >= 15 is 0 Å². The third-order valence-electron chi connectivity index (χ3n) is 3.22. The number of carbonyl (C=O) groups is 1. The van der Waals surface area contributed by atoms with Crippen molar-refractivity contribution in [2.45, 2.75) is 33.1 Å². The van der Waals surface area contributed by atoms with Crippen molar-refractivity contribution in [3.63, 3.8) is 0 Å². The minimum Gasteiger partial charge on any atom is -0.396 e. The van der Waals surface area contributed by atoms with E-state index in [2.05, 4.69) is 29.8 Å². The number of aliphatic hydroxyl groups is 1. The molecule has 1 rings (SSSR count). The van der Waals surface area contributed by atoms with Gasteiger partial charge in [-0.1, -0.05) is 29.8 Å². The molecule has 16 heavy (non-hydrogen) atoms. The molecule has 1 atom stereocenters. The zero-order valence-electron chi connectivity index (χ0n) is 10.2. The van der Waals surface area contributed by atoms with Crippen LogP contribution in [0.25, 0.3) is 0 Å². The average Bonchev–Trinajstić information content (AvgIpc) is 2.60. The fourth-order valence-corrected chi connectivity index (χ4v) is 2.43. The first kappa shape index (κ1) is 14.0. The molecular formula is C12H22BrNO2. The first-order chi connectivity index (χ1) is 7.48. The number of nitrogens with zero attached hydrogens (tertiary/aromatic N) is 1. The molecule has 0 saturated carbocycles. The molecule has 1 N–H and O–H groups in total. The number of hydrogen-bond acceptors (Lipinski definition) is 2. The molecule has 1 amide bonds. The Morgan fingerprint density at radius 1 is 1.56 bits per heavy atom. The summed E-state index contributed by atoms with van der Waals surface area (Å²) in [6, 6.07) is 0.